The highest BCUT2D eigenvalue weighted by atomic mass is 32.1. The Bertz CT molecular complexity index is 760. The van der Waals surface area contributed by atoms with E-state index in [2.05, 4.69) is 11.6 Å². The first-order valence-electron chi connectivity index (χ1n) is 6.66. The molecular weight excluding hydrogens is 298 g/mol. The zero-order valence-corrected chi connectivity index (χ0v) is 12.5. The van der Waals surface area contributed by atoms with Gasteiger partial charge >= 0.3 is 5.97 Å². The summed E-state index contributed by atoms with van der Waals surface area (Å²) in [5, 5.41) is 1.91. The molecule has 0 amide bonds. The summed E-state index contributed by atoms with van der Waals surface area (Å²) < 4.78 is 10.7. The van der Waals surface area contributed by atoms with Gasteiger partial charge in [-0.15, -0.1) is 11.3 Å². The monoisotopic (exact) mass is 311 g/mol. The molecule has 0 atom stereocenters. The summed E-state index contributed by atoms with van der Waals surface area (Å²) in [4.78, 5) is 17.0. The van der Waals surface area contributed by atoms with E-state index in [-0.39, 0.29) is 5.70 Å². The molecule has 0 spiro atoms. The van der Waals surface area contributed by atoms with Crippen molar-refractivity contribution in [2.24, 2.45) is 4.99 Å². The van der Waals surface area contributed by atoms with Crippen LogP contribution in [0.25, 0.3) is 6.08 Å². The zero-order valence-electron chi connectivity index (χ0n) is 11.7. The van der Waals surface area contributed by atoms with Gasteiger partial charge in [-0.25, -0.2) is 9.79 Å². The second-order valence-electron chi connectivity index (χ2n) is 4.49. The Morgan fingerprint density at radius 2 is 2.23 bits per heavy atom. The third-order valence-corrected chi connectivity index (χ3v) is 3.74. The highest BCUT2D eigenvalue weighted by molar-refractivity contribution is 7.12. The fourth-order valence-corrected chi connectivity index (χ4v) is 2.57. The molecule has 1 aromatic carbocycles. The maximum Gasteiger partial charge on any atom is 0.363 e. The lowest BCUT2D eigenvalue weighted by atomic mass is 10.2. The maximum absolute atomic E-state index is 11.9. The average Bonchev–Trinajstić information content (AvgIpc) is 3.16. The van der Waals surface area contributed by atoms with Gasteiger partial charge in [0.1, 0.15) is 12.4 Å². The van der Waals surface area contributed by atoms with Crippen LogP contribution >= 0.6 is 11.3 Å². The highest BCUT2D eigenvalue weighted by Crippen LogP contribution is 2.22. The molecular formula is C17H13NO3S. The van der Waals surface area contributed by atoms with E-state index in [9.17, 15) is 4.79 Å². The molecule has 4 nitrogen and oxygen atoms in total. The molecule has 0 radical (unpaired) electrons. The van der Waals surface area contributed by atoms with Crippen LogP contribution in [0.2, 0.25) is 0 Å². The molecule has 5 heteroatoms. The van der Waals surface area contributed by atoms with Gasteiger partial charge in [-0.05, 0) is 35.2 Å². The molecule has 0 bridgehead atoms. The van der Waals surface area contributed by atoms with Crippen LogP contribution < -0.4 is 4.74 Å². The van der Waals surface area contributed by atoms with Crippen LogP contribution in [-0.4, -0.2) is 18.5 Å². The Kier molecular flexibility index (Phi) is 4.16. The van der Waals surface area contributed by atoms with Crippen LogP contribution in [0.3, 0.4) is 0 Å². The maximum atomic E-state index is 11.9. The molecule has 0 unspecified atom stereocenters. The summed E-state index contributed by atoms with van der Waals surface area (Å²) in [5.41, 5.74) is 1.11. The largest absolute Gasteiger partial charge is 0.490 e. The topological polar surface area (TPSA) is 47.9 Å². The van der Waals surface area contributed by atoms with E-state index in [1.54, 1.807) is 12.2 Å². The first-order chi connectivity index (χ1) is 10.8. The first kappa shape index (κ1) is 14.3. The van der Waals surface area contributed by atoms with Crippen LogP contribution in [0.15, 0.2) is 65.1 Å². The number of nitrogens with zero attached hydrogens (tertiary/aromatic N) is 1. The number of carbonyl (C=O) groups excluding carboxylic acids is 1. The Labute approximate surface area is 132 Å². The molecule has 1 aliphatic heterocycles. The molecule has 110 valence electrons. The predicted molar refractivity (Wildman–Crippen MR) is 87.1 cm³/mol. The van der Waals surface area contributed by atoms with Gasteiger partial charge in [-0.3, -0.25) is 0 Å². The van der Waals surface area contributed by atoms with E-state index in [4.69, 9.17) is 9.47 Å². The van der Waals surface area contributed by atoms with Crippen molar-refractivity contribution in [3.05, 3.63) is 70.6 Å². The van der Waals surface area contributed by atoms with Crippen LogP contribution in [-0.2, 0) is 9.53 Å². The Morgan fingerprint density at radius 1 is 1.32 bits per heavy atom. The van der Waals surface area contributed by atoms with Crippen molar-refractivity contribution in [3.63, 3.8) is 0 Å². The first-order valence-corrected chi connectivity index (χ1v) is 7.54. The third-order valence-electron chi connectivity index (χ3n) is 2.88. The van der Waals surface area contributed by atoms with Gasteiger partial charge in [0.05, 0.1) is 4.88 Å². The summed E-state index contributed by atoms with van der Waals surface area (Å²) in [6, 6.07) is 11.2. The molecule has 0 fully saturated rings. The lowest BCUT2D eigenvalue weighted by Crippen LogP contribution is -2.03. The fourth-order valence-electron chi connectivity index (χ4n) is 1.92. The van der Waals surface area contributed by atoms with Crippen molar-refractivity contribution >= 4 is 29.3 Å². The minimum Gasteiger partial charge on any atom is -0.490 e. The van der Waals surface area contributed by atoms with Crippen molar-refractivity contribution in [3.8, 4) is 5.75 Å². The van der Waals surface area contributed by atoms with Crippen molar-refractivity contribution in [2.45, 2.75) is 0 Å². The number of cyclic esters (lactones) is 1. The van der Waals surface area contributed by atoms with Gasteiger partial charge in [0.2, 0.25) is 5.90 Å². The van der Waals surface area contributed by atoms with Gasteiger partial charge in [0, 0.05) is 0 Å². The Balaban J connectivity index is 1.85. The number of esters is 1. The van der Waals surface area contributed by atoms with Gasteiger partial charge in [0.15, 0.2) is 5.70 Å². The normalized spacial score (nSPS) is 15.5. The van der Waals surface area contributed by atoms with E-state index < -0.39 is 5.97 Å². The second kappa shape index (κ2) is 6.41. The van der Waals surface area contributed by atoms with Crippen molar-refractivity contribution in [1.82, 2.24) is 0 Å². The van der Waals surface area contributed by atoms with E-state index in [1.165, 1.54) is 11.3 Å². The summed E-state index contributed by atoms with van der Waals surface area (Å²) in [7, 11) is 0. The number of carbonyl (C=O) groups is 1. The van der Waals surface area contributed by atoms with Crippen LogP contribution in [0.5, 0.6) is 5.75 Å². The van der Waals surface area contributed by atoms with Crippen molar-refractivity contribution < 1.29 is 14.3 Å². The highest BCUT2D eigenvalue weighted by Gasteiger charge is 2.24. The predicted octanol–water partition coefficient (Wildman–Crippen LogP) is 3.66. The Hall–Kier alpha value is -2.66. The minimum absolute atomic E-state index is 0.282. The molecule has 3 rings (SSSR count). The molecule has 0 N–H and O–H groups in total. The molecule has 2 heterocycles. The summed E-state index contributed by atoms with van der Waals surface area (Å²) in [6.07, 6.45) is 3.36. The number of hydrogen-bond acceptors (Lipinski definition) is 5. The van der Waals surface area contributed by atoms with Gasteiger partial charge < -0.3 is 9.47 Å². The van der Waals surface area contributed by atoms with E-state index in [1.807, 2.05) is 41.8 Å². The Morgan fingerprint density at radius 3 is 3.00 bits per heavy atom. The molecule has 1 aromatic heterocycles. The van der Waals surface area contributed by atoms with Gasteiger partial charge in [-0.1, -0.05) is 30.9 Å². The summed E-state index contributed by atoms with van der Waals surface area (Å²) in [5.74, 6) is 0.620. The third kappa shape index (κ3) is 3.15. The number of ether oxygens (including phenoxy) is 2. The zero-order chi connectivity index (χ0) is 15.4. The van der Waals surface area contributed by atoms with E-state index >= 15 is 0 Å². The van der Waals surface area contributed by atoms with Crippen molar-refractivity contribution in [1.29, 1.82) is 0 Å². The number of aliphatic imine (C=N–C) groups is 1. The standard InChI is InChI=1S/C17H13NO3S/c1-2-8-20-13-6-3-5-12(10-13)11-14-17(19)21-16(18-14)15-7-4-9-22-15/h2-7,9-11H,1,8H2. The quantitative estimate of drug-likeness (QED) is 0.481. The summed E-state index contributed by atoms with van der Waals surface area (Å²) >= 11 is 1.48. The molecule has 0 saturated carbocycles. The smallest absolute Gasteiger partial charge is 0.363 e. The minimum atomic E-state index is -0.444. The molecule has 0 aliphatic carbocycles. The SMILES string of the molecule is C=CCOc1cccc(C=C2N=C(c3cccs3)OC2=O)c1. The number of benzene rings is 1. The lowest BCUT2D eigenvalue weighted by Gasteiger charge is -2.03. The van der Waals surface area contributed by atoms with Crippen LogP contribution in [0, 0.1) is 0 Å². The second-order valence-corrected chi connectivity index (χ2v) is 5.43. The molecule has 2 aromatic rings. The number of rotatable bonds is 5. The van der Waals surface area contributed by atoms with E-state index in [0.717, 1.165) is 10.4 Å². The van der Waals surface area contributed by atoms with Crippen LogP contribution in [0.1, 0.15) is 10.4 Å². The number of hydrogen-bond donors (Lipinski definition) is 0. The van der Waals surface area contributed by atoms with Gasteiger partial charge in [0.25, 0.3) is 0 Å². The van der Waals surface area contributed by atoms with Crippen LogP contribution in [0.4, 0.5) is 0 Å². The average molecular weight is 311 g/mol. The molecule has 22 heavy (non-hydrogen) atoms. The molecule has 1 aliphatic rings. The lowest BCUT2D eigenvalue weighted by molar-refractivity contribution is -0.129. The molecule has 0 saturated heterocycles. The number of thiophene rings is 1. The van der Waals surface area contributed by atoms with Gasteiger partial charge in [-0.2, -0.15) is 0 Å². The fraction of sp³-hybridized carbons (Fsp3) is 0.0588. The van der Waals surface area contributed by atoms with Crippen molar-refractivity contribution in [2.75, 3.05) is 6.61 Å². The van der Waals surface area contributed by atoms with E-state index in [0.29, 0.717) is 18.3 Å². The summed E-state index contributed by atoms with van der Waals surface area (Å²) in [6.45, 7) is 4.04.